The van der Waals surface area contributed by atoms with E-state index in [2.05, 4.69) is 31.0 Å². The van der Waals surface area contributed by atoms with Crippen LogP contribution in [0, 0.1) is 0 Å². The quantitative estimate of drug-likeness (QED) is 0.804. The molecule has 3 unspecified atom stereocenters. The van der Waals surface area contributed by atoms with Crippen molar-refractivity contribution in [1.82, 2.24) is 10.2 Å². The Hall–Kier alpha value is -0.120. The largest absolute Gasteiger partial charge is 0.394 e. The summed E-state index contributed by atoms with van der Waals surface area (Å²) in [6.45, 7) is 8.24. The third-order valence-corrected chi connectivity index (χ3v) is 5.08. The van der Waals surface area contributed by atoms with Gasteiger partial charge in [0.25, 0.3) is 0 Å². The minimum absolute atomic E-state index is 0.0298. The van der Waals surface area contributed by atoms with Gasteiger partial charge in [-0.2, -0.15) is 0 Å². The minimum Gasteiger partial charge on any atom is -0.394 e. The van der Waals surface area contributed by atoms with Gasteiger partial charge in [-0.15, -0.1) is 0 Å². The van der Waals surface area contributed by atoms with E-state index in [4.69, 9.17) is 0 Å². The summed E-state index contributed by atoms with van der Waals surface area (Å²) in [5.74, 6) is 0. The van der Waals surface area contributed by atoms with E-state index in [0.717, 1.165) is 18.9 Å². The third kappa shape index (κ3) is 3.50. The van der Waals surface area contributed by atoms with Crippen LogP contribution < -0.4 is 5.32 Å². The predicted octanol–water partition coefficient (Wildman–Crippen LogP) is 2.53. The van der Waals surface area contributed by atoms with Gasteiger partial charge in [-0.25, -0.2) is 0 Å². The molecule has 0 aromatic heterocycles. The predicted molar refractivity (Wildman–Crippen MR) is 80.4 cm³/mol. The maximum Gasteiger partial charge on any atom is 0.0613 e. The molecule has 1 heterocycles. The Bertz CT molecular complexity index is 282. The lowest BCUT2D eigenvalue weighted by molar-refractivity contribution is 0.0483. The maximum absolute atomic E-state index is 9.89. The Kier molecular flexibility index (Phi) is 5.27. The molecule has 1 aliphatic carbocycles. The fourth-order valence-electron chi connectivity index (χ4n) is 4.32. The Balaban J connectivity index is 2.02. The van der Waals surface area contributed by atoms with Gasteiger partial charge in [0.1, 0.15) is 0 Å². The molecule has 3 heteroatoms. The zero-order chi connectivity index (χ0) is 13.9. The van der Waals surface area contributed by atoms with Crippen LogP contribution in [0.25, 0.3) is 0 Å². The second-order valence-corrected chi connectivity index (χ2v) is 6.93. The zero-order valence-electron chi connectivity index (χ0n) is 13.0. The topological polar surface area (TPSA) is 35.5 Å². The summed E-state index contributed by atoms with van der Waals surface area (Å²) in [4.78, 5) is 2.74. The van der Waals surface area contributed by atoms with E-state index in [1.165, 1.54) is 38.6 Å². The van der Waals surface area contributed by atoms with Crippen LogP contribution >= 0.6 is 0 Å². The normalized spacial score (nSPS) is 37.1. The van der Waals surface area contributed by atoms with Crippen LogP contribution in [0.4, 0.5) is 0 Å². The number of aliphatic hydroxyl groups excluding tert-OH is 1. The van der Waals surface area contributed by atoms with Gasteiger partial charge < -0.3 is 10.4 Å². The third-order valence-electron chi connectivity index (χ3n) is 5.08. The minimum atomic E-state index is -0.0298. The highest BCUT2D eigenvalue weighted by atomic mass is 16.3. The van der Waals surface area contributed by atoms with Crippen LogP contribution in [0.1, 0.15) is 65.7 Å². The first-order chi connectivity index (χ1) is 9.10. The number of nitrogens with one attached hydrogen (secondary N) is 1. The van der Waals surface area contributed by atoms with Crippen LogP contribution in [0.5, 0.6) is 0 Å². The van der Waals surface area contributed by atoms with Crippen molar-refractivity contribution in [2.75, 3.05) is 13.2 Å². The zero-order valence-corrected chi connectivity index (χ0v) is 13.0. The van der Waals surface area contributed by atoms with E-state index >= 15 is 0 Å². The average Bonchev–Trinajstić information content (AvgIpc) is 2.86. The Morgan fingerprint density at radius 1 is 1.32 bits per heavy atom. The lowest BCUT2D eigenvalue weighted by Gasteiger charge is -2.46. The molecule has 2 N–H and O–H groups in total. The van der Waals surface area contributed by atoms with Crippen molar-refractivity contribution >= 4 is 0 Å². The Morgan fingerprint density at radius 2 is 2.11 bits per heavy atom. The summed E-state index contributed by atoms with van der Waals surface area (Å²) in [7, 11) is 0. The summed E-state index contributed by atoms with van der Waals surface area (Å²) in [6, 6.07) is 1.92. The molecular weight excluding hydrogens is 236 g/mol. The number of hydrogen-bond donors (Lipinski definition) is 2. The molecule has 0 radical (unpaired) electrons. The van der Waals surface area contributed by atoms with E-state index in [0.29, 0.717) is 12.1 Å². The highest BCUT2D eigenvalue weighted by molar-refractivity contribution is 4.99. The number of hydrogen-bond acceptors (Lipinski definition) is 3. The summed E-state index contributed by atoms with van der Waals surface area (Å²) in [6.07, 6.45) is 8.83. The van der Waals surface area contributed by atoms with Crippen molar-refractivity contribution in [2.45, 2.75) is 89.4 Å². The summed E-state index contributed by atoms with van der Waals surface area (Å²) >= 11 is 0. The standard InChI is InChI=1S/C16H32N2O/c1-4-14-8-6-10-18(14)15-7-5-9-16(11-15,12-19)17-13(2)3/h13-15,17,19H,4-12H2,1-3H3. The first-order valence-corrected chi connectivity index (χ1v) is 8.24. The molecule has 0 amide bonds. The van der Waals surface area contributed by atoms with Gasteiger partial charge in [0.2, 0.25) is 0 Å². The highest BCUT2D eigenvalue weighted by Crippen LogP contribution is 2.35. The number of likely N-dealkylation sites (tertiary alicyclic amines) is 1. The molecule has 3 nitrogen and oxygen atoms in total. The SMILES string of the molecule is CCC1CCCN1C1CCCC(CO)(NC(C)C)C1. The van der Waals surface area contributed by atoms with Crippen molar-refractivity contribution in [3.05, 3.63) is 0 Å². The highest BCUT2D eigenvalue weighted by Gasteiger charge is 2.40. The van der Waals surface area contributed by atoms with E-state index in [1.54, 1.807) is 0 Å². The first-order valence-electron chi connectivity index (χ1n) is 8.24. The van der Waals surface area contributed by atoms with E-state index in [-0.39, 0.29) is 12.1 Å². The van der Waals surface area contributed by atoms with Crippen molar-refractivity contribution in [3.63, 3.8) is 0 Å². The molecule has 2 aliphatic rings. The van der Waals surface area contributed by atoms with Crippen molar-refractivity contribution in [1.29, 1.82) is 0 Å². The lowest BCUT2D eigenvalue weighted by Crippen LogP contribution is -2.58. The van der Waals surface area contributed by atoms with Gasteiger partial charge in [-0.1, -0.05) is 20.8 Å². The van der Waals surface area contributed by atoms with Crippen LogP contribution in [-0.4, -0.2) is 46.8 Å². The molecule has 2 fully saturated rings. The van der Waals surface area contributed by atoms with Crippen LogP contribution in [0.3, 0.4) is 0 Å². The summed E-state index contributed by atoms with van der Waals surface area (Å²) < 4.78 is 0. The van der Waals surface area contributed by atoms with Crippen molar-refractivity contribution in [3.8, 4) is 0 Å². The molecule has 1 aliphatic heterocycles. The molecule has 0 bridgehead atoms. The van der Waals surface area contributed by atoms with Gasteiger partial charge in [0, 0.05) is 23.7 Å². The smallest absolute Gasteiger partial charge is 0.0613 e. The van der Waals surface area contributed by atoms with Crippen LogP contribution in [0.15, 0.2) is 0 Å². The average molecular weight is 268 g/mol. The molecule has 0 aromatic carbocycles. The maximum atomic E-state index is 9.89. The Morgan fingerprint density at radius 3 is 2.74 bits per heavy atom. The van der Waals surface area contributed by atoms with Gasteiger partial charge in [0.15, 0.2) is 0 Å². The van der Waals surface area contributed by atoms with Crippen LogP contribution in [-0.2, 0) is 0 Å². The second kappa shape index (κ2) is 6.55. The molecule has 0 spiro atoms. The monoisotopic (exact) mass is 268 g/mol. The fourth-order valence-corrected chi connectivity index (χ4v) is 4.32. The fraction of sp³-hybridized carbons (Fsp3) is 1.00. The number of aliphatic hydroxyl groups is 1. The number of rotatable bonds is 5. The lowest BCUT2D eigenvalue weighted by atomic mass is 9.78. The van der Waals surface area contributed by atoms with E-state index in [1.807, 2.05) is 0 Å². The molecule has 2 rings (SSSR count). The van der Waals surface area contributed by atoms with Crippen LogP contribution in [0.2, 0.25) is 0 Å². The first kappa shape index (κ1) is 15.3. The van der Waals surface area contributed by atoms with Gasteiger partial charge >= 0.3 is 0 Å². The van der Waals surface area contributed by atoms with Gasteiger partial charge in [0.05, 0.1) is 6.61 Å². The molecular formula is C16H32N2O. The summed E-state index contributed by atoms with van der Waals surface area (Å²) in [5, 5.41) is 13.5. The summed E-state index contributed by atoms with van der Waals surface area (Å²) in [5.41, 5.74) is -0.0298. The molecule has 0 aromatic rings. The number of nitrogens with zero attached hydrogens (tertiary/aromatic N) is 1. The Labute approximate surface area is 118 Å². The molecule has 1 saturated carbocycles. The second-order valence-electron chi connectivity index (χ2n) is 6.93. The van der Waals surface area contributed by atoms with E-state index in [9.17, 15) is 5.11 Å². The van der Waals surface area contributed by atoms with Crippen molar-refractivity contribution in [2.24, 2.45) is 0 Å². The van der Waals surface area contributed by atoms with Gasteiger partial charge in [-0.05, 0) is 51.5 Å². The molecule has 3 atom stereocenters. The molecule has 1 saturated heterocycles. The van der Waals surface area contributed by atoms with E-state index < -0.39 is 0 Å². The van der Waals surface area contributed by atoms with Crippen molar-refractivity contribution < 1.29 is 5.11 Å². The molecule has 19 heavy (non-hydrogen) atoms. The van der Waals surface area contributed by atoms with Gasteiger partial charge in [-0.3, -0.25) is 4.90 Å². The molecule has 112 valence electrons.